The first-order valence-electron chi connectivity index (χ1n) is 8.05. The molecule has 1 saturated heterocycles. The van der Waals surface area contributed by atoms with Crippen LogP contribution in [-0.2, 0) is 4.79 Å². The highest BCUT2D eigenvalue weighted by atomic mass is 16.4. The smallest absolute Gasteiger partial charge is 0.326 e. The van der Waals surface area contributed by atoms with Gasteiger partial charge in [0.15, 0.2) is 0 Å². The van der Waals surface area contributed by atoms with Crippen molar-refractivity contribution in [1.82, 2.24) is 15.1 Å². The Hall–Kier alpha value is -1.30. The molecule has 1 aliphatic heterocycles. The van der Waals surface area contributed by atoms with Gasteiger partial charge in [-0.2, -0.15) is 0 Å². The minimum Gasteiger partial charge on any atom is -0.480 e. The van der Waals surface area contributed by atoms with E-state index in [1.54, 1.807) is 4.90 Å². The fraction of sp³-hybridized carbons (Fsp3) is 0.867. The lowest BCUT2D eigenvalue weighted by Crippen LogP contribution is -2.49. The van der Waals surface area contributed by atoms with E-state index in [-0.39, 0.29) is 11.9 Å². The first-order chi connectivity index (χ1) is 10.1. The molecule has 0 aromatic carbocycles. The van der Waals surface area contributed by atoms with Crippen LogP contribution >= 0.6 is 0 Å². The van der Waals surface area contributed by atoms with Crippen molar-refractivity contribution in [3.05, 3.63) is 0 Å². The third-order valence-corrected chi connectivity index (χ3v) is 5.32. The normalized spacial score (nSPS) is 31.5. The number of rotatable bonds is 5. The van der Waals surface area contributed by atoms with Crippen molar-refractivity contribution < 1.29 is 14.7 Å². The van der Waals surface area contributed by atoms with Crippen LogP contribution in [0, 0.1) is 11.8 Å². The van der Waals surface area contributed by atoms with Gasteiger partial charge in [-0.15, -0.1) is 0 Å². The summed E-state index contributed by atoms with van der Waals surface area (Å²) < 4.78 is 0. The summed E-state index contributed by atoms with van der Waals surface area (Å²) in [7, 11) is 2.07. The van der Waals surface area contributed by atoms with Gasteiger partial charge in [-0.25, -0.2) is 9.59 Å². The molecule has 2 aliphatic carbocycles. The third kappa shape index (κ3) is 3.00. The van der Waals surface area contributed by atoms with Gasteiger partial charge in [-0.05, 0) is 44.6 Å². The number of likely N-dealkylation sites (tertiary alicyclic amines) is 1. The summed E-state index contributed by atoms with van der Waals surface area (Å²) in [5.41, 5.74) is 0. The van der Waals surface area contributed by atoms with E-state index in [1.165, 1.54) is 12.8 Å². The summed E-state index contributed by atoms with van der Waals surface area (Å²) in [5, 5.41) is 12.3. The monoisotopic (exact) mass is 295 g/mol. The Morgan fingerprint density at radius 1 is 1.29 bits per heavy atom. The highest BCUT2D eigenvalue weighted by Gasteiger charge is 2.49. The van der Waals surface area contributed by atoms with Crippen LogP contribution in [-0.4, -0.2) is 65.7 Å². The summed E-state index contributed by atoms with van der Waals surface area (Å²) in [4.78, 5) is 27.6. The Morgan fingerprint density at radius 3 is 2.71 bits per heavy atom. The molecule has 2 N–H and O–H groups in total. The van der Waals surface area contributed by atoms with Gasteiger partial charge in [0.2, 0.25) is 0 Å². The molecule has 3 rings (SSSR count). The number of carboxylic acids is 1. The first-order valence-corrected chi connectivity index (χ1v) is 8.05. The zero-order valence-corrected chi connectivity index (χ0v) is 12.6. The van der Waals surface area contributed by atoms with Gasteiger partial charge in [0.25, 0.3) is 0 Å². The second-order valence-electron chi connectivity index (χ2n) is 6.73. The molecule has 118 valence electrons. The summed E-state index contributed by atoms with van der Waals surface area (Å²) in [6.45, 7) is 2.02. The van der Waals surface area contributed by atoms with E-state index in [0.717, 1.165) is 25.8 Å². The van der Waals surface area contributed by atoms with Crippen molar-refractivity contribution in [1.29, 1.82) is 0 Å². The van der Waals surface area contributed by atoms with Crippen LogP contribution in [0.1, 0.15) is 32.1 Å². The maximum Gasteiger partial charge on any atom is 0.326 e. The maximum atomic E-state index is 12.3. The molecular formula is C15H25N3O3. The zero-order chi connectivity index (χ0) is 15.0. The quantitative estimate of drug-likeness (QED) is 0.793. The number of urea groups is 1. The highest BCUT2D eigenvalue weighted by Crippen LogP contribution is 2.42. The number of fused-ring (bicyclic) bond motifs is 1. The lowest BCUT2D eigenvalue weighted by Gasteiger charge is -2.25. The molecule has 0 aromatic heterocycles. The molecule has 3 aliphatic rings. The SMILES string of the molecule is CN(CCNC(=O)N1CC2CCCC2C1C(=O)O)C1CC1. The van der Waals surface area contributed by atoms with Crippen molar-refractivity contribution in [3.63, 3.8) is 0 Å². The summed E-state index contributed by atoms with van der Waals surface area (Å²) >= 11 is 0. The average molecular weight is 295 g/mol. The van der Waals surface area contributed by atoms with E-state index in [1.807, 2.05) is 0 Å². The molecule has 0 aromatic rings. The largest absolute Gasteiger partial charge is 0.480 e. The number of carbonyl (C=O) groups is 2. The Bertz CT molecular complexity index is 424. The lowest BCUT2D eigenvalue weighted by atomic mass is 9.94. The second kappa shape index (κ2) is 5.83. The summed E-state index contributed by atoms with van der Waals surface area (Å²) in [6.07, 6.45) is 5.60. The van der Waals surface area contributed by atoms with E-state index in [9.17, 15) is 14.7 Å². The van der Waals surface area contributed by atoms with Crippen LogP contribution in [0.2, 0.25) is 0 Å². The number of amides is 2. The number of carboxylic acid groups (broad SMARTS) is 1. The number of hydrogen-bond acceptors (Lipinski definition) is 3. The molecule has 0 bridgehead atoms. The van der Waals surface area contributed by atoms with Gasteiger partial charge in [0.1, 0.15) is 6.04 Å². The Morgan fingerprint density at radius 2 is 2.05 bits per heavy atom. The summed E-state index contributed by atoms with van der Waals surface area (Å²) in [6, 6.07) is -0.153. The molecule has 1 heterocycles. The van der Waals surface area contributed by atoms with E-state index >= 15 is 0 Å². The molecule has 3 unspecified atom stereocenters. The van der Waals surface area contributed by atoms with E-state index in [0.29, 0.717) is 25.0 Å². The molecule has 0 radical (unpaired) electrons. The average Bonchev–Trinajstić information content (AvgIpc) is 3.07. The molecule has 2 amide bonds. The topological polar surface area (TPSA) is 72.9 Å². The molecule has 2 saturated carbocycles. The number of likely N-dealkylation sites (N-methyl/N-ethyl adjacent to an activating group) is 1. The van der Waals surface area contributed by atoms with Crippen molar-refractivity contribution in [2.45, 2.75) is 44.2 Å². The first kappa shape index (κ1) is 14.6. The fourth-order valence-electron chi connectivity index (χ4n) is 3.97. The minimum absolute atomic E-state index is 0.155. The molecule has 0 spiro atoms. The van der Waals surface area contributed by atoms with Crippen molar-refractivity contribution in [2.24, 2.45) is 11.8 Å². The predicted molar refractivity (Wildman–Crippen MR) is 78.0 cm³/mol. The van der Waals surface area contributed by atoms with Gasteiger partial charge in [0, 0.05) is 25.7 Å². The van der Waals surface area contributed by atoms with Gasteiger partial charge < -0.3 is 20.2 Å². The Labute approximate surface area is 125 Å². The van der Waals surface area contributed by atoms with Crippen molar-refractivity contribution in [3.8, 4) is 0 Å². The number of aliphatic carboxylic acids is 1. The molecule has 21 heavy (non-hydrogen) atoms. The standard InChI is InChI=1S/C15H25N3O3/c1-17(11-5-6-11)8-7-16-15(21)18-9-10-3-2-4-12(10)13(18)14(19)20/h10-13H,2-9H2,1H3,(H,16,21)(H,19,20). The van der Waals surface area contributed by atoms with E-state index in [2.05, 4.69) is 17.3 Å². The molecule has 3 fully saturated rings. The molecule has 6 heteroatoms. The molecule has 3 atom stereocenters. The lowest BCUT2D eigenvalue weighted by molar-refractivity contribution is -0.142. The van der Waals surface area contributed by atoms with Crippen LogP contribution in [0.15, 0.2) is 0 Å². The van der Waals surface area contributed by atoms with E-state index in [4.69, 9.17) is 0 Å². The Kier molecular flexibility index (Phi) is 4.06. The van der Waals surface area contributed by atoms with Crippen molar-refractivity contribution in [2.75, 3.05) is 26.7 Å². The van der Waals surface area contributed by atoms with Crippen molar-refractivity contribution >= 4 is 12.0 Å². The van der Waals surface area contributed by atoms with Crippen LogP contribution in [0.25, 0.3) is 0 Å². The summed E-state index contributed by atoms with van der Waals surface area (Å²) in [5.74, 6) is -0.317. The van der Waals surface area contributed by atoms with Gasteiger partial charge in [0.05, 0.1) is 0 Å². The van der Waals surface area contributed by atoms with Gasteiger partial charge in [-0.1, -0.05) is 6.42 Å². The number of hydrogen-bond donors (Lipinski definition) is 2. The van der Waals surface area contributed by atoms with Crippen LogP contribution in [0.3, 0.4) is 0 Å². The maximum absolute atomic E-state index is 12.3. The third-order valence-electron chi connectivity index (χ3n) is 5.32. The zero-order valence-electron chi connectivity index (χ0n) is 12.6. The molecular weight excluding hydrogens is 270 g/mol. The fourth-order valence-corrected chi connectivity index (χ4v) is 3.97. The van der Waals surface area contributed by atoms with Crippen LogP contribution < -0.4 is 5.32 Å². The van der Waals surface area contributed by atoms with E-state index < -0.39 is 12.0 Å². The minimum atomic E-state index is -0.852. The van der Waals surface area contributed by atoms with Gasteiger partial charge in [-0.3, -0.25) is 0 Å². The van der Waals surface area contributed by atoms with Gasteiger partial charge >= 0.3 is 12.0 Å². The second-order valence-corrected chi connectivity index (χ2v) is 6.73. The van der Waals surface area contributed by atoms with Crippen LogP contribution in [0.4, 0.5) is 4.79 Å². The molecule has 6 nitrogen and oxygen atoms in total. The Balaban J connectivity index is 1.52. The predicted octanol–water partition coefficient (Wildman–Crippen LogP) is 0.975. The number of nitrogens with zero attached hydrogens (tertiary/aromatic N) is 2. The van der Waals surface area contributed by atoms with Crippen LogP contribution in [0.5, 0.6) is 0 Å². The number of nitrogens with one attached hydrogen (secondary N) is 1. The number of carbonyl (C=O) groups excluding carboxylic acids is 1. The highest BCUT2D eigenvalue weighted by molar-refractivity contribution is 5.83.